The number of rotatable bonds is 14. The molecule has 0 bridgehead atoms. The van der Waals surface area contributed by atoms with Gasteiger partial charge in [0.15, 0.2) is 11.2 Å². The van der Waals surface area contributed by atoms with E-state index < -0.39 is 35.3 Å². The van der Waals surface area contributed by atoms with Gasteiger partial charge in [0, 0.05) is 55.3 Å². The summed E-state index contributed by atoms with van der Waals surface area (Å²) in [5.41, 5.74) is 0.458. The van der Waals surface area contributed by atoms with E-state index in [9.17, 15) is 19.2 Å². The van der Waals surface area contributed by atoms with Crippen LogP contribution in [-0.2, 0) is 39.7 Å². The number of benzene rings is 4. The fourth-order valence-electron chi connectivity index (χ4n) is 6.17. The van der Waals surface area contributed by atoms with E-state index in [1.807, 2.05) is 110 Å². The predicted molar refractivity (Wildman–Crippen MR) is 200 cm³/mol. The van der Waals surface area contributed by atoms with Gasteiger partial charge in [-0.2, -0.15) is 0 Å². The summed E-state index contributed by atoms with van der Waals surface area (Å²) in [5.74, 6) is -1.22. The molecule has 5 rings (SSSR count). The first kappa shape index (κ1) is 37.8. The van der Waals surface area contributed by atoms with Crippen molar-refractivity contribution in [2.75, 3.05) is 38.8 Å². The van der Waals surface area contributed by atoms with Crippen LogP contribution in [0.4, 0.5) is 9.59 Å². The number of esters is 2. The number of hydrogen-bond acceptors (Lipinski definition) is 10. The van der Waals surface area contributed by atoms with Crippen molar-refractivity contribution >= 4 is 47.6 Å². The number of nitrogens with one attached hydrogen (secondary N) is 2. The van der Waals surface area contributed by atoms with Gasteiger partial charge in [-0.3, -0.25) is 0 Å². The molecule has 0 heterocycles. The summed E-state index contributed by atoms with van der Waals surface area (Å²) in [6.07, 6.45) is 4.50. The van der Waals surface area contributed by atoms with E-state index in [0.717, 1.165) is 21.9 Å². The molecule has 0 fully saturated rings. The maximum atomic E-state index is 13.8. The molecule has 10 nitrogen and oxygen atoms in total. The molecule has 2 amide bonds. The van der Waals surface area contributed by atoms with Crippen LogP contribution in [0.3, 0.4) is 0 Å². The number of fused-ring (bicyclic) bond motifs is 2. The summed E-state index contributed by atoms with van der Waals surface area (Å²) in [6.45, 7) is 6.58. The van der Waals surface area contributed by atoms with Gasteiger partial charge in [-0.25, -0.2) is 19.2 Å². The Labute approximate surface area is 311 Å². The fraction of sp³-hybridized carbons (Fsp3) is 0.200. The lowest BCUT2D eigenvalue weighted by Crippen LogP contribution is -2.50. The summed E-state index contributed by atoms with van der Waals surface area (Å²) < 4.78 is 23.2. The van der Waals surface area contributed by atoms with Crippen molar-refractivity contribution in [3.63, 3.8) is 0 Å². The van der Waals surface area contributed by atoms with E-state index in [0.29, 0.717) is 33.4 Å². The average Bonchev–Trinajstić information content (AvgIpc) is 3.19. The first-order valence-corrected chi connectivity index (χ1v) is 18.7. The van der Waals surface area contributed by atoms with Crippen molar-refractivity contribution in [1.29, 1.82) is 0 Å². The van der Waals surface area contributed by atoms with Crippen molar-refractivity contribution in [2.45, 2.75) is 21.0 Å². The topological polar surface area (TPSA) is 129 Å². The van der Waals surface area contributed by atoms with E-state index in [1.165, 1.54) is 0 Å². The SMILES string of the molecule is C=CC(=O)OCCNC(=O)OC1(c2ccc(SC)cc2)c2ccccc2C(OC(=O)NCCOC(=O)C=C)(c2ccc(SC)cc2)c2ccccc21. The molecule has 0 aromatic heterocycles. The van der Waals surface area contributed by atoms with Gasteiger partial charge in [0.2, 0.25) is 0 Å². The molecule has 4 aromatic rings. The molecule has 0 saturated carbocycles. The highest BCUT2D eigenvalue weighted by Gasteiger charge is 2.56. The van der Waals surface area contributed by atoms with Gasteiger partial charge in [-0.05, 0) is 36.8 Å². The molecule has 0 atom stereocenters. The van der Waals surface area contributed by atoms with Crippen LogP contribution >= 0.6 is 23.5 Å². The van der Waals surface area contributed by atoms with Gasteiger partial charge < -0.3 is 29.6 Å². The Hall–Kier alpha value is -5.46. The Morgan fingerprint density at radius 2 is 0.904 bits per heavy atom. The third-order valence-corrected chi connectivity index (χ3v) is 9.91. The molecule has 0 aliphatic heterocycles. The minimum absolute atomic E-state index is 0.0136. The molecule has 0 radical (unpaired) electrons. The van der Waals surface area contributed by atoms with E-state index in [1.54, 1.807) is 23.5 Å². The Balaban J connectivity index is 1.70. The second-order valence-corrected chi connectivity index (χ2v) is 13.0. The minimum Gasteiger partial charge on any atom is -0.461 e. The van der Waals surface area contributed by atoms with Gasteiger partial charge >= 0.3 is 24.1 Å². The lowest BCUT2D eigenvalue weighted by Gasteiger charge is -2.48. The molecule has 1 aliphatic rings. The summed E-state index contributed by atoms with van der Waals surface area (Å²) in [5, 5.41) is 5.42. The summed E-state index contributed by atoms with van der Waals surface area (Å²) in [7, 11) is 0. The molecule has 4 aromatic carbocycles. The van der Waals surface area contributed by atoms with Crippen LogP contribution in [-0.4, -0.2) is 62.9 Å². The Morgan fingerprint density at radius 3 is 1.19 bits per heavy atom. The van der Waals surface area contributed by atoms with Crippen LogP contribution in [0.1, 0.15) is 33.4 Å². The van der Waals surface area contributed by atoms with Crippen LogP contribution in [0, 0.1) is 0 Å². The Morgan fingerprint density at radius 1 is 0.577 bits per heavy atom. The van der Waals surface area contributed by atoms with Crippen LogP contribution in [0.2, 0.25) is 0 Å². The predicted octanol–water partition coefficient (Wildman–Crippen LogP) is 6.94. The maximum Gasteiger partial charge on any atom is 0.408 e. The second-order valence-electron chi connectivity index (χ2n) is 11.3. The first-order valence-electron chi connectivity index (χ1n) is 16.2. The van der Waals surface area contributed by atoms with Gasteiger partial charge in [0.1, 0.15) is 13.2 Å². The van der Waals surface area contributed by atoms with E-state index >= 15 is 0 Å². The molecule has 2 N–H and O–H groups in total. The van der Waals surface area contributed by atoms with Crippen LogP contribution in [0.25, 0.3) is 0 Å². The summed E-state index contributed by atoms with van der Waals surface area (Å²) >= 11 is 3.15. The van der Waals surface area contributed by atoms with E-state index in [2.05, 4.69) is 23.8 Å². The number of ether oxygens (including phenoxy) is 4. The summed E-state index contributed by atoms with van der Waals surface area (Å²) in [4.78, 5) is 52.8. The monoisotopic (exact) mass is 738 g/mol. The number of thioether (sulfide) groups is 2. The average molecular weight is 739 g/mol. The van der Waals surface area contributed by atoms with Crippen LogP contribution in [0.15, 0.2) is 132 Å². The molecule has 0 saturated heterocycles. The largest absolute Gasteiger partial charge is 0.461 e. The zero-order valence-corrected chi connectivity index (χ0v) is 30.4. The van der Waals surface area contributed by atoms with Crippen molar-refractivity contribution in [1.82, 2.24) is 10.6 Å². The van der Waals surface area contributed by atoms with Gasteiger partial charge in [0.25, 0.3) is 0 Å². The number of hydrogen-bond donors (Lipinski definition) is 2. The van der Waals surface area contributed by atoms with Crippen LogP contribution < -0.4 is 10.6 Å². The molecule has 0 spiro atoms. The Kier molecular flexibility index (Phi) is 12.5. The van der Waals surface area contributed by atoms with Crippen molar-refractivity contribution in [2.24, 2.45) is 0 Å². The second kappa shape index (κ2) is 17.2. The number of amides is 2. The highest BCUT2D eigenvalue weighted by atomic mass is 32.2. The number of alkyl carbamates (subject to hydrolysis) is 2. The molecular weight excluding hydrogens is 701 g/mol. The molecule has 52 heavy (non-hydrogen) atoms. The number of carbonyl (C=O) groups is 4. The lowest BCUT2D eigenvalue weighted by molar-refractivity contribution is -0.138. The van der Waals surface area contributed by atoms with Gasteiger partial charge in [0.05, 0.1) is 13.1 Å². The molecule has 268 valence electrons. The fourth-order valence-corrected chi connectivity index (χ4v) is 6.99. The molecule has 0 unspecified atom stereocenters. The number of carbonyl (C=O) groups excluding carboxylic acids is 4. The third kappa shape index (κ3) is 7.73. The van der Waals surface area contributed by atoms with Crippen molar-refractivity contribution in [3.8, 4) is 0 Å². The minimum atomic E-state index is -1.53. The normalized spacial score (nSPS) is 17.0. The zero-order chi connectivity index (χ0) is 37.1. The Bertz CT molecular complexity index is 1760. The van der Waals surface area contributed by atoms with Crippen molar-refractivity contribution < 1.29 is 38.1 Å². The van der Waals surface area contributed by atoms with Gasteiger partial charge in [-0.1, -0.05) is 86.0 Å². The lowest BCUT2D eigenvalue weighted by atomic mass is 9.63. The third-order valence-electron chi connectivity index (χ3n) is 8.42. The van der Waals surface area contributed by atoms with E-state index in [-0.39, 0.29) is 26.3 Å². The van der Waals surface area contributed by atoms with Crippen LogP contribution in [0.5, 0.6) is 0 Å². The highest BCUT2D eigenvalue weighted by Crippen LogP contribution is 2.56. The molecule has 12 heteroatoms. The standard InChI is InChI=1S/C40H38N2O8S2/c1-5-35(43)47-25-23-41-37(45)49-39(27-15-19-29(51-3)20-16-27)31-11-7-9-13-33(31)40(34-14-10-8-12-32(34)39,28-17-21-30(52-4)22-18-28)50-38(46)42-24-26-48-36(44)6-2/h5-22H,1-2,23-26H2,3-4H3,(H,41,45)(H,42,46). The van der Waals surface area contributed by atoms with Gasteiger partial charge in [-0.15, -0.1) is 23.5 Å². The quantitative estimate of drug-likeness (QED) is 0.0462. The smallest absolute Gasteiger partial charge is 0.408 e. The highest BCUT2D eigenvalue weighted by molar-refractivity contribution is 7.98. The summed E-state index contributed by atoms with van der Waals surface area (Å²) in [6, 6.07) is 30.2. The van der Waals surface area contributed by atoms with E-state index in [4.69, 9.17) is 18.9 Å². The first-order chi connectivity index (χ1) is 25.2. The molecule has 1 aliphatic carbocycles. The maximum absolute atomic E-state index is 13.8. The molecular formula is C40H38N2O8S2. The zero-order valence-electron chi connectivity index (χ0n) is 28.7. The van der Waals surface area contributed by atoms with Crippen molar-refractivity contribution in [3.05, 3.63) is 156 Å².